The molecule has 2 aromatic rings. The van der Waals surface area contributed by atoms with Crippen molar-refractivity contribution in [2.75, 3.05) is 22.6 Å². The average Bonchev–Trinajstić information content (AvgIpc) is 2.78. The van der Waals surface area contributed by atoms with Crippen molar-refractivity contribution < 1.29 is 0 Å². The van der Waals surface area contributed by atoms with E-state index < -0.39 is 0 Å². The number of hydrogen-bond donors (Lipinski definition) is 3. The quantitative estimate of drug-likeness (QED) is 0.742. The molecule has 0 bridgehead atoms. The molecule has 0 aliphatic carbocycles. The zero-order valence-electron chi connectivity index (χ0n) is 9.31. The fourth-order valence-corrected chi connectivity index (χ4v) is 3.08. The molecule has 1 aliphatic heterocycles. The summed E-state index contributed by atoms with van der Waals surface area (Å²) >= 11 is 1.97. The van der Waals surface area contributed by atoms with E-state index in [-0.39, 0.29) is 5.95 Å². The molecule has 2 aromatic heterocycles. The Morgan fingerprint density at radius 1 is 1.47 bits per heavy atom. The highest BCUT2D eigenvalue weighted by Crippen LogP contribution is 2.24. The minimum absolute atomic E-state index is 0.271. The molecule has 0 radical (unpaired) electrons. The van der Waals surface area contributed by atoms with E-state index in [9.17, 15) is 0 Å². The molecule has 3 rings (SSSR count). The summed E-state index contributed by atoms with van der Waals surface area (Å²) in [6, 6.07) is 0.459. The number of nitrogens with two attached hydrogens (primary N) is 1. The number of thioether (sulfide) groups is 1. The summed E-state index contributed by atoms with van der Waals surface area (Å²) in [6.07, 6.45) is 4.15. The summed E-state index contributed by atoms with van der Waals surface area (Å²) in [7, 11) is 0. The molecule has 1 unspecified atom stereocenters. The molecule has 1 aliphatic rings. The lowest BCUT2D eigenvalue weighted by Gasteiger charge is -2.23. The van der Waals surface area contributed by atoms with Crippen molar-refractivity contribution in [2.45, 2.75) is 18.9 Å². The first-order chi connectivity index (χ1) is 8.33. The molecular weight excluding hydrogens is 236 g/mol. The highest BCUT2D eigenvalue weighted by Gasteiger charge is 2.16. The van der Waals surface area contributed by atoms with Crippen molar-refractivity contribution >= 4 is 34.6 Å². The van der Waals surface area contributed by atoms with Crippen LogP contribution in [-0.2, 0) is 0 Å². The van der Waals surface area contributed by atoms with Crippen LogP contribution < -0.4 is 11.1 Å². The molecule has 17 heavy (non-hydrogen) atoms. The number of fused-ring (bicyclic) bond motifs is 1. The van der Waals surface area contributed by atoms with Crippen molar-refractivity contribution in [3.63, 3.8) is 0 Å². The van der Waals surface area contributed by atoms with E-state index in [2.05, 4.69) is 25.5 Å². The molecule has 0 amide bonds. The van der Waals surface area contributed by atoms with E-state index in [0.29, 0.717) is 11.7 Å². The summed E-state index contributed by atoms with van der Waals surface area (Å²) in [5, 5.41) is 11.1. The van der Waals surface area contributed by atoms with Crippen LogP contribution in [0.5, 0.6) is 0 Å². The van der Waals surface area contributed by atoms with Gasteiger partial charge in [-0.3, -0.25) is 5.10 Å². The van der Waals surface area contributed by atoms with Gasteiger partial charge in [-0.05, 0) is 18.6 Å². The van der Waals surface area contributed by atoms with Crippen LogP contribution in [0.3, 0.4) is 0 Å². The molecule has 1 saturated heterocycles. The Bertz CT molecular complexity index is 518. The molecule has 3 heterocycles. The van der Waals surface area contributed by atoms with Crippen molar-refractivity contribution in [2.24, 2.45) is 0 Å². The first-order valence-electron chi connectivity index (χ1n) is 5.64. The van der Waals surface area contributed by atoms with Gasteiger partial charge in [-0.25, -0.2) is 0 Å². The molecule has 0 aromatic carbocycles. The SMILES string of the molecule is Nc1nc(NC2CCCSC2)c2cn[nH]c2n1. The van der Waals surface area contributed by atoms with Crippen LogP contribution in [0, 0.1) is 0 Å². The van der Waals surface area contributed by atoms with Gasteiger partial charge in [-0.1, -0.05) is 0 Å². The maximum atomic E-state index is 5.67. The standard InChI is InChI=1S/C10H14N6S/c11-10-14-8(7-4-12-16-9(7)15-10)13-6-2-1-3-17-5-6/h4,6H,1-3,5H2,(H4,11,12,13,14,15,16). The van der Waals surface area contributed by atoms with Crippen molar-refractivity contribution in [1.29, 1.82) is 0 Å². The molecule has 90 valence electrons. The number of H-pyrrole nitrogens is 1. The Kier molecular flexibility index (Phi) is 2.76. The lowest BCUT2D eigenvalue weighted by atomic mass is 10.2. The molecule has 6 nitrogen and oxygen atoms in total. The molecule has 0 spiro atoms. The van der Waals surface area contributed by atoms with Crippen molar-refractivity contribution in [1.82, 2.24) is 20.2 Å². The Hall–Kier alpha value is -1.50. The zero-order chi connectivity index (χ0) is 11.7. The lowest BCUT2D eigenvalue weighted by Crippen LogP contribution is -2.26. The number of nitrogens with zero attached hydrogens (tertiary/aromatic N) is 3. The van der Waals surface area contributed by atoms with Gasteiger partial charge in [0, 0.05) is 11.8 Å². The summed E-state index contributed by atoms with van der Waals surface area (Å²) in [4.78, 5) is 8.35. The van der Waals surface area contributed by atoms with Gasteiger partial charge < -0.3 is 11.1 Å². The van der Waals surface area contributed by atoms with Gasteiger partial charge in [0.1, 0.15) is 5.82 Å². The van der Waals surface area contributed by atoms with Crippen LogP contribution in [0.25, 0.3) is 11.0 Å². The van der Waals surface area contributed by atoms with E-state index in [0.717, 1.165) is 17.0 Å². The molecule has 7 heteroatoms. The number of rotatable bonds is 2. The molecule has 1 fully saturated rings. The summed E-state index contributed by atoms with van der Waals surface area (Å²) in [5.74, 6) is 3.43. The summed E-state index contributed by atoms with van der Waals surface area (Å²) < 4.78 is 0. The van der Waals surface area contributed by atoms with Gasteiger partial charge in [-0.15, -0.1) is 0 Å². The third-order valence-corrected chi connectivity index (χ3v) is 4.04. The highest BCUT2D eigenvalue weighted by molar-refractivity contribution is 7.99. The number of aromatic nitrogens is 4. The number of hydrogen-bond acceptors (Lipinski definition) is 6. The van der Waals surface area contributed by atoms with Crippen LogP contribution in [0.15, 0.2) is 6.20 Å². The summed E-state index contributed by atoms with van der Waals surface area (Å²) in [6.45, 7) is 0. The third kappa shape index (κ3) is 2.14. The zero-order valence-corrected chi connectivity index (χ0v) is 10.1. The second-order valence-electron chi connectivity index (χ2n) is 4.12. The van der Waals surface area contributed by atoms with Gasteiger partial charge in [0.15, 0.2) is 5.65 Å². The minimum atomic E-state index is 0.271. The monoisotopic (exact) mass is 250 g/mol. The Morgan fingerprint density at radius 2 is 2.41 bits per heavy atom. The van der Waals surface area contributed by atoms with Gasteiger partial charge in [0.05, 0.1) is 11.6 Å². The van der Waals surface area contributed by atoms with E-state index in [1.165, 1.54) is 18.6 Å². The Labute approximate surface area is 103 Å². The second-order valence-corrected chi connectivity index (χ2v) is 5.27. The largest absolute Gasteiger partial charge is 0.368 e. The van der Waals surface area contributed by atoms with Crippen molar-refractivity contribution in [3.8, 4) is 0 Å². The Morgan fingerprint density at radius 3 is 3.24 bits per heavy atom. The maximum Gasteiger partial charge on any atom is 0.224 e. The lowest BCUT2D eigenvalue weighted by molar-refractivity contribution is 0.683. The second kappa shape index (κ2) is 4.40. The van der Waals surface area contributed by atoms with Gasteiger partial charge in [-0.2, -0.15) is 26.8 Å². The average molecular weight is 250 g/mol. The molecule has 4 N–H and O–H groups in total. The fourth-order valence-electron chi connectivity index (χ4n) is 2.01. The van der Waals surface area contributed by atoms with E-state index in [1.807, 2.05) is 11.8 Å². The Balaban J connectivity index is 1.90. The van der Waals surface area contributed by atoms with E-state index in [1.54, 1.807) is 6.20 Å². The van der Waals surface area contributed by atoms with Crippen molar-refractivity contribution in [3.05, 3.63) is 6.20 Å². The number of aromatic amines is 1. The number of anilines is 2. The molecule has 0 saturated carbocycles. The first kappa shape index (κ1) is 10.6. The number of nitrogens with one attached hydrogen (secondary N) is 2. The smallest absolute Gasteiger partial charge is 0.224 e. The number of nitrogen functional groups attached to an aromatic ring is 1. The topological polar surface area (TPSA) is 92.5 Å². The van der Waals surface area contributed by atoms with E-state index in [4.69, 9.17) is 5.73 Å². The maximum absolute atomic E-state index is 5.67. The van der Waals surface area contributed by atoms with Crippen LogP contribution in [-0.4, -0.2) is 37.7 Å². The van der Waals surface area contributed by atoms with Crippen LogP contribution >= 0.6 is 11.8 Å². The predicted octanol–water partition coefficient (Wildman–Crippen LogP) is 1.24. The van der Waals surface area contributed by atoms with Gasteiger partial charge >= 0.3 is 0 Å². The van der Waals surface area contributed by atoms with Gasteiger partial charge in [0.25, 0.3) is 0 Å². The highest BCUT2D eigenvalue weighted by atomic mass is 32.2. The van der Waals surface area contributed by atoms with E-state index >= 15 is 0 Å². The normalized spacial score (nSPS) is 20.6. The van der Waals surface area contributed by atoms with Gasteiger partial charge in [0.2, 0.25) is 5.95 Å². The third-order valence-electron chi connectivity index (χ3n) is 2.83. The summed E-state index contributed by atoms with van der Waals surface area (Å²) in [5.41, 5.74) is 6.36. The van der Waals surface area contributed by atoms with Crippen LogP contribution in [0.2, 0.25) is 0 Å². The molecule has 1 atom stereocenters. The molecular formula is C10H14N6S. The first-order valence-corrected chi connectivity index (χ1v) is 6.79. The minimum Gasteiger partial charge on any atom is -0.368 e. The van der Waals surface area contributed by atoms with Crippen LogP contribution in [0.1, 0.15) is 12.8 Å². The fraction of sp³-hybridized carbons (Fsp3) is 0.500. The van der Waals surface area contributed by atoms with Crippen LogP contribution in [0.4, 0.5) is 11.8 Å². The predicted molar refractivity (Wildman–Crippen MR) is 70.1 cm³/mol.